The number of carbonyl (C=O) groups is 4. The number of halogens is 6. The number of allylic oxidation sites excluding steroid dienone is 7. The standard InChI is InChI=1S/C34H25F6NO6/c1-15-9-26(43)28-21(5-3-16-4-8-25(42)27(10-16)47-2)20-6-7-22-29(23(20)14-24(28)30(15)44)32(46)41(31(22)45)19-12-17(33(35,36)37)11-18(13-19)34(38,39)40/h3-6,8-13,21-23,29,42H,7,14H2,1-2H3/t21-,22-,23+,29-/m0/s1. The summed E-state index contributed by atoms with van der Waals surface area (Å²) in [6.45, 7) is 1.46. The molecule has 0 bridgehead atoms. The van der Waals surface area contributed by atoms with Crippen molar-refractivity contribution in [3.8, 4) is 11.5 Å². The topological polar surface area (TPSA) is 101 Å². The van der Waals surface area contributed by atoms with Crippen molar-refractivity contribution < 1.29 is 55.4 Å². The zero-order valence-electron chi connectivity index (χ0n) is 24.7. The summed E-state index contributed by atoms with van der Waals surface area (Å²) >= 11 is 0. The molecule has 4 atom stereocenters. The van der Waals surface area contributed by atoms with Crippen LogP contribution in [-0.2, 0) is 31.5 Å². The van der Waals surface area contributed by atoms with E-state index in [1.54, 1.807) is 24.3 Å². The van der Waals surface area contributed by atoms with Crippen LogP contribution in [0.2, 0.25) is 0 Å². The Bertz CT molecular complexity index is 1850. The molecule has 2 aromatic carbocycles. The van der Waals surface area contributed by atoms with Crippen LogP contribution < -0.4 is 9.64 Å². The number of methoxy groups -OCH3 is 1. The minimum absolute atomic E-state index is 0.0698. The monoisotopic (exact) mass is 657 g/mol. The Morgan fingerprint density at radius 3 is 2.19 bits per heavy atom. The van der Waals surface area contributed by atoms with Crippen LogP contribution in [0.4, 0.5) is 32.0 Å². The van der Waals surface area contributed by atoms with Gasteiger partial charge < -0.3 is 9.84 Å². The molecule has 2 amide bonds. The van der Waals surface area contributed by atoms with Gasteiger partial charge in [-0.2, -0.15) is 26.3 Å². The van der Waals surface area contributed by atoms with E-state index in [-0.39, 0.29) is 47.1 Å². The van der Waals surface area contributed by atoms with Crippen LogP contribution >= 0.6 is 0 Å². The number of hydrogen-bond acceptors (Lipinski definition) is 6. The fourth-order valence-corrected chi connectivity index (χ4v) is 6.99. The van der Waals surface area contributed by atoms with Gasteiger partial charge in [-0.1, -0.05) is 29.9 Å². The highest BCUT2D eigenvalue weighted by atomic mass is 19.4. The highest BCUT2D eigenvalue weighted by Gasteiger charge is 2.56. The molecule has 1 heterocycles. The van der Waals surface area contributed by atoms with E-state index in [0.717, 1.165) is 0 Å². The van der Waals surface area contributed by atoms with Crippen LogP contribution in [0.15, 0.2) is 76.9 Å². The van der Waals surface area contributed by atoms with Crippen molar-refractivity contribution >= 4 is 35.1 Å². The number of ether oxygens (including phenoxy) is 1. The van der Waals surface area contributed by atoms with Crippen molar-refractivity contribution in [2.45, 2.75) is 32.1 Å². The van der Waals surface area contributed by atoms with Gasteiger partial charge in [0.1, 0.15) is 0 Å². The number of fused-ring (bicyclic) bond motifs is 3. The summed E-state index contributed by atoms with van der Waals surface area (Å²) in [7, 11) is 1.36. The lowest BCUT2D eigenvalue weighted by Gasteiger charge is -2.41. The summed E-state index contributed by atoms with van der Waals surface area (Å²) in [6, 6.07) is 5.10. The van der Waals surface area contributed by atoms with Gasteiger partial charge in [-0.25, -0.2) is 4.90 Å². The SMILES string of the molecule is COc1cc(C=C[C@H]2C3=CC[C@@H]4C(=O)N(c5cc(C(F)(F)F)cc(C(F)(F)F)c5)C(=O)[C@@H]4[C@@H]3CC3=C2C(=O)C=C(C)C3=O)ccc1O. The fourth-order valence-electron chi connectivity index (χ4n) is 6.99. The predicted molar refractivity (Wildman–Crippen MR) is 155 cm³/mol. The molecule has 2 aromatic rings. The largest absolute Gasteiger partial charge is 0.504 e. The molecule has 47 heavy (non-hydrogen) atoms. The van der Waals surface area contributed by atoms with E-state index in [1.165, 1.54) is 32.2 Å². The van der Waals surface area contributed by atoms with Gasteiger partial charge in [-0.05, 0) is 67.7 Å². The molecule has 0 aromatic heterocycles. The normalized spacial score (nSPS) is 24.7. The van der Waals surface area contributed by atoms with Crippen molar-refractivity contribution in [2.24, 2.45) is 23.7 Å². The minimum Gasteiger partial charge on any atom is -0.504 e. The van der Waals surface area contributed by atoms with E-state index in [1.807, 2.05) is 0 Å². The number of carbonyl (C=O) groups excluding carboxylic acids is 4. The third-order valence-corrected chi connectivity index (χ3v) is 9.13. The third kappa shape index (κ3) is 5.36. The van der Waals surface area contributed by atoms with Crippen molar-refractivity contribution in [3.05, 3.63) is 93.6 Å². The molecule has 0 saturated carbocycles. The Morgan fingerprint density at radius 1 is 0.915 bits per heavy atom. The summed E-state index contributed by atoms with van der Waals surface area (Å²) in [5.41, 5.74) is -2.63. The number of phenols is 1. The van der Waals surface area contributed by atoms with E-state index >= 15 is 0 Å². The van der Waals surface area contributed by atoms with E-state index in [9.17, 15) is 50.6 Å². The number of imide groups is 1. The molecule has 1 N–H and O–H groups in total. The maximum absolute atomic E-state index is 14.0. The third-order valence-electron chi connectivity index (χ3n) is 9.13. The lowest BCUT2D eigenvalue weighted by atomic mass is 9.60. The fraction of sp³-hybridized carbons (Fsp3) is 0.294. The number of benzene rings is 2. The van der Waals surface area contributed by atoms with Gasteiger partial charge in [0.15, 0.2) is 23.1 Å². The van der Waals surface area contributed by atoms with Crippen molar-refractivity contribution in [1.29, 1.82) is 0 Å². The average molecular weight is 658 g/mol. The number of ketones is 2. The Labute approximate surface area is 263 Å². The molecule has 0 unspecified atom stereocenters. The number of rotatable bonds is 4. The number of aromatic hydroxyl groups is 1. The molecule has 0 spiro atoms. The molecule has 1 fully saturated rings. The Kier molecular flexibility index (Phi) is 7.56. The first-order valence-corrected chi connectivity index (χ1v) is 14.4. The highest BCUT2D eigenvalue weighted by molar-refractivity contribution is 6.24. The summed E-state index contributed by atoms with van der Waals surface area (Å²) in [5.74, 6) is -6.75. The molecule has 6 rings (SSSR count). The molecule has 3 aliphatic carbocycles. The molecule has 13 heteroatoms. The molecule has 1 aliphatic heterocycles. The smallest absolute Gasteiger partial charge is 0.416 e. The highest BCUT2D eigenvalue weighted by Crippen LogP contribution is 2.53. The molecule has 244 valence electrons. The number of anilines is 1. The summed E-state index contributed by atoms with van der Waals surface area (Å²) < 4.78 is 87.0. The molecular weight excluding hydrogens is 632 g/mol. The minimum atomic E-state index is -5.20. The first kappa shape index (κ1) is 32.0. The number of nitrogens with zero attached hydrogens (tertiary/aromatic N) is 1. The predicted octanol–water partition coefficient (Wildman–Crippen LogP) is 6.62. The molecule has 4 aliphatic rings. The van der Waals surface area contributed by atoms with E-state index in [0.29, 0.717) is 28.2 Å². The number of alkyl halides is 6. The summed E-state index contributed by atoms with van der Waals surface area (Å²) in [6.07, 6.45) is -4.45. The van der Waals surface area contributed by atoms with Gasteiger partial charge in [-0.3, -0.25) is 19.2 Å². The zero-order valence-corrected chi connectivity index (χ0v) is 24.7. The van der Waals surface area contributed by atoms with Gasteiger partial charge >= 0.3 is 12.4 Å². The Hall–Kier alpha value is -4.94. The van der Waals surface area contributed by atoms with Crippen LogP contribution in [-0.4, -0.2) is 35.6 Å². The second kappa shape index (κ2) is 11.1. The van der Waals surface area contributed by atoms with Gasteiger partial charge in [0.25, 0.3) is 0 Å². The van der Waals surface area contributed by atoms with Crippen LogP contribution in [0.25, 0.3) is 6.08 Å². The van der Waals surface area contributed by atoms with E-state index in [4.69, 9.17) is 4.74 Å². The maximum Gasteiger partial charge on any atom is 0.416 e. The number of hydrogen-bond donors (Lipinski definition) is 1. The first-order valence-electron chi connectivity index (χ1n) is 14.4. The molecule has 7 nitrogen and oxygen atoms in total. The van der Waals surface area contributed by atoms with Crippen LogP contribution in [0.3, 0.4) is 0 Å². The zero-order chi connectivity index (χ0) is 34.2. The van der Waals surface area contributed by atoms with Gasteiger partial charge in [0.2, 0.25) is 11.8 Å². The molecule has 0 radical (unpaired) electrons. The van der Waals surface area contributed by atoms with Crippen LogP contribution in [0.1, 0.15) is 36.5 Å². The summed E-state index contributed by atoms with van der Waals surface area (Å²) in [5, 5.41) is 9.97. The molecule has 1 saturated heterocycles. The van der Waals surface area contributed by atoms with Gasteiger partial charge in [0, 0.05) is 22.6 Å². The van der Waals surface area contributed by atoms with Gasteiger partial charge in [0.05, 0.1) is 35.8 Å². The van der Waals surface area contributed by atoms with Crippen LogP contribution in [0, 0.1) is 23.7 Å². The average Bonchev–Trinajstić information content (AvgIpc) is 3.27. The maximum atomic E-state index is 14.0. The van der Waals surface area contributed by atoms with E-state index < -0.39 is 76.2 Å². The Morgan fingerprint density at radius 2 is 1.57 bits per heavy atom. The second-order valence-corrected chi connectivity index (χ2v) is 11.8. The number of phenolic OH excluding ortho intramolecular Hbond substituents is 1. The Balaban J connectivity index is 1.43. The number of amides is 2. The molecular formula is C34H25F6NO6. The van der Waals surface area contributed by atoms with E-state index in [2.05, 4.69) is 0 Å². The lowest BCUT2D eigenvalue weighted by Crippen LogP contribution is -2.40. The van der Waals surface area contributed by atoms with Crippen molar-refractivity contribution in [2.75, 3.05) is 12.0 Å². The van der Waals surface area contributed by atoms with Crippen molar-refractivity contribution in [1.82, 2.24) is 0 Å². The first-order chi connectivity index (χ1) is 22.0. The van der Waals surface area contributed by atoms with Crippen LogP contribution in [0.5, 0.6) is 11.5 Å². The van der Waals surface area contributed by atoms with Gasteiger partial charge in [-0.15, -0.1) is 0 Å². The second-order valence-electron chi connectivity index (χ2n) is 11.8. The van der Waals surface area contributed by atoms with Crippen molar-refractivity contribution in [3.63, 3.8) is 0 Å². The number of Topliss-reactive ketones (excluding diaryl/α,β-unsaturated/α-hetero) is 1. The summed E-state index contributed by atoms with van der Waals surface area (Å²) in [4.78, 5) is 54.6. The quantitative estimate of drug-likeness (QED) is 0.172. The lowest BCUT2D eigenvalue weighted by molar-refractivity contribution is -0.143.